The second kappa shape index (κ2) is 5.58. The van der Waals surface area contributed by atoms with Gasteiger partial charge in [0.15, 0.2) is 0 Å². The SMILES string of the molecule is CCNC(c1cc(F)ccc1F)C1CCCC1(C)C. The predicted molar refractivity (Wildman–Crippen MR) is 73.9 cm³/mol. The molecular formula is C16H23F2N. The summed E-state index contributed by atoms with van der Waals surface area (Å²) in [6.07, 6.45) is 3.38. The molecule has 0 saturated heterocycles. The minimum Gasteiger partial charge on any atom is -0.310 e. The van der Waals surface area contributed by atoms with Crippen LogP contribution in [0.25, 0.3) is 0 Å². The summed E-state index contributed by atoms with van der Waals surface area (Å²) in [5.74, 6) is -0.325. The van der Waals surface area contributed by atoms with E-state index in [1.54, 1.807) is 0 Å². The van der Waals surface area contributed by atoms with Crippen molar-refractivity contribution >= 4 is 0 Å². The number of rotatable bonds is 4. The molecule has 0 bridgehead atoms. The Morgan fingerprint density at radius 1 is 1.37 bits per heavy atom. The van der Waals surface area contributed by atoms with Crippen molar-refractivity contribution in [3.63, 3.8) is 0 Å². The number of halogens is 2. The zero-order valence-corrected chi connectivity index (χ0v) is 12.0. The van der Waals surface area contributed by atoms with E-state index in [2.05, 4.69) is 19.2 Å². The number of hydrogen-bond donors (Lipinski definition) is 1. The third kappa shape index (κ3) is 2.97. The maximum atomic E-state index is 14.0. The Balaban J connectivity index is 2.37. The predicted octanol–water partition coefficient (Wildman–Crippen LogP) is 4.44. The van der Waals surface area contributed by atoms with Crippen LogP contribution in [0, 0.1) is 23.0 Å². The van der Waals surface area contributed by atoms with Gasteiger partial charge in [-0.15, -0.1) is 0 Å². The largest absolute Gasteiger partial charge is 0.310 e. The van der Waals surface area contributed by atoms with E-state index in [4.69, 9.17) is 0 Å². The average Bonchev–Trinajstić information content (AvgIpc) is 2.69. The maximum absolute atomic E-state index is 14.0. The third-order valence-electron chi connectivity index (χ3n) is 4.46. The van der Waals surface area contributed by atoms with Gasteiger partial charge in [0.2, 0.25) is 0 Å². The normalized spacial score (nSPS) is 23.5. The molecule has 1 aromatic carbocycles. The van der Waals surface area contributed by atoms with Crippen LogP contribution in [-0.4, -0.2) is 6.54 Å². The van der Waals surface area contributed by atoms with Crippen LogP contribution in [0.4, 0.5) is 8.78 Å². The lowest BCUT2D eigenvalue weighted by molar-refractivity contribution is 0.196. The summed E-state index contributed by atoms with van der Waals surface area (Å²) in [5, 5.41) is 3.36. The van der Waals surface area contributed by atoms with Gasteiger partial charge in [-0.2, -0.15) is 0 Å². The molecule has 0 radical (unpaired) electrons. The van der Waals surface area contributed by atoms with Crippen LogP contribution in [0.1, 0.15) is 51.6 Å². The molecule has 0 aliphatic heterocycles. The quantitative estimate of drug-likeness (QED) is 0.850. The molecule has 1 aliphatic rings. The van der Waals surface area contributed by atoms with E-state index in [0.29, 0.717) is 11.5 Å². The van der Waals surface area contributed by atoms with Crippen molar-refractivity contribution in [2.24, 2.45) is 11.3 Å². The number of nitrogens with one attached hydrogen (secondary N) is 1. The Morgan fingerprint density at radius 3 is 2.68 bits per heavy atom. The molecule has 0 spiro atoms. The molecule has 19 heavy (non-hydrogen) atoms. The summed E-state index contributed by atoms with van der Waals surface area (Å²) >= 11 is 0. The summed E-state index contributed by atoms with van der Waals surface area (Å²) < 4.78 is 27.5. The van der Waals surface area contributed by atoms with E-state index in [1.807, 2.05) is 6.92 Å². The van der Waals surface area contributed by atoms with Gasteiger partial charge in [-0.05, 0) is 48.9 Å². The molecule has 0 aromatic heterocycles. The van der Waals surface area contributed by atoms with Gasteiger partial charge in [0.05, 0.1) is 0 Å². The Labute approximate surface area is 114 Å². The molecule has 2 rings (SSSR count). The molecule has 2 atom stereocenters. The van der Waals surface area contributed by atoms with Crippen molar-refractivity contribution in [3.05, 3.63) is 35.4 Å². The lowest BCUT2D eigenvalue weighted by Gasteiger charge is -2.35. The zero-order valence-electron chi connectivity index (χ0n) is 12.0. The highest BCUT2D eigenvalue weighted by Gasteiger charge is 2.40. The monoisotopic (exact) mass is 267 g/mol. The molecule has 1 aromatic rings. The summed E-state index contributed by atoms with van der Waals surface area (Å²) in [7, 11) is 0. The Kier molecular flexibility index (Phi) is 4.24. The molecule has 106 valence electrons. The van der Waals surface area contributed by atoms with Crippen molar-refractivity contribution < 1.29 is 8.78 Å². The van der Waals surface area contributed by atoms with Gasteiger partial charge in [0.1, 0.15) is 11.6 Å². The van der Waals surface area contributed by atoms with Crippen LogP contribution < -0.4 is 5.32 Å². The van der Waals surface area contributed by atoms with E-state index >= 15 is 0 Å². The number of benzene rings is 1. The molecular weight excluding hydrogens is 244 g/mol. The molecule has 0 heterocycles. The van der Waals surface area contributed by atoms with E-state index in [-0.39, 0.29) is 23.1 Å². The summed E-state index contributed by atoms with van der Waals surface area (Å²) in [6, 6.07) is 3.66. The van der Waals surface area contributed by atoms with Crippen molar-refractivity contribution in [1.82, 2.24) is 5.32 Å². The van der Waals surface area contributed by atoms with E-state index in [0.717, 1.165) is 25.8 Å². The standard InChI is InChI=1S/C16H23F2N/c1-4-19-15(13-6-5-9-16(13,2)3)12-10-11(17)7-8-14(12)18/h7-8,10,13,15,19H,4-6,9H2,1-3H3. The Hall–Kier alpha value is -0.960. The summed E-state index contributed by atoms with van der Waals surface area (Å²) in [6.45, 7) is 7.22. The van der Waals surface area contributed by atoms with Crippen LogP contribution in [0.2, 0.25) is 0 Å². The first-order valence-corrected chi connectivity index (χ1v) is 7.14. The minimum atomic E-state index is -0.366. The highest BCUT2D eigenvalue weighted by molar-refractivity contribution is 5.24. The lowest BCUT2D eigenvalue weighted by atomic mass is 9.75. The van der Waals surface area contributed by atoms with Gasteiger partial charge in [0, 0.05) is 11.6 Å². The van der Waals surface area contributed by atoms with E-state index in [9.17, 15) is 8.78 Å². The molecule has 1 nitrogen and oxygen atoms in total. The van der Waals surface area contributed by atoms with Gasteiger partial charge in [-0.1, -0.05) is 27.2 Å². The number of hydrogen-bond acceptors (Lipinski definition) is 1. The van der Waals surface area contributed by atoms with Crippen LogP contribution in [0.5, 0.6) is 0 Å². The molecule has 1 aliphatic carbocycles. The second-order valence-electron chi connectivity index (χ2n) is 6.19. The minimum absolute atomic E-state index is 0.0989. The van der Waals surface area contributed by atoms with Crippen LogP contribution in [0.15, 0.2) is 18.2 Å². The van der Waals surface area contributed by atoms with Crippen LogP contribution >= 0.6 is 0 Å². The Morgan fingerprint density at radius 2 is 2.11 bits per heavy atom. The average molecular weight is 267 g/mol. The van der Waals surface area contributed by atoms with Crippen molar-refractivity contribution in [2.45, 2.75) is 46.1 Å². The molecule has 1 fully saturated rings. The fourth-order valence-corrected chi connectivity index (χ4v) is 3.41. The zero-order chi connectivity index (χ0) is 14.0. The first-order valence-electron chi connectivity index (χ1n) is 7.14. The highest BCUT2D eigenvalue weighted by Crippen LogP contribution is 2.49. The van der Waals surface area contributed by atoms with Crippen LogP contribution in [-0.2, 0) is 0 Å². The van der Waals surface area contributed by atoms with Crippen molar-refractivity contribution in [1.29, 1.82) is 0 Å². The van der Waals surface area contributed by atoms with Crippen molar-refractivity contribution in [3.8, 4) is 0 Å². The van der Waals surface area contributed by atoms with E-state index in [1.165, 1.54) is 18.2 Å². The lowest BCUT2D eigenvalue weighted by Crippen LogP contribution is -2.34. The molecule has 0 amide bonds. The van der Waals surface area contributed by atoms with Crippen molar-refractivity contribution in [2.75, 3.05) is 6.54 Å². The summed E-state index contributed by atoms with van der Waals surface area (Å²) in [5.41, 5.74) is 0.646. The fourth-order valence-electron chi connectivity index (χ4n) is 3.41. The van der Waals surface area contributed by atoms with Gasteiger partial charge in [0.25, 0.3) is 0 Å². The van der Waals surface area contributed by atoms with Gasteiger partial charge in [-0.3, -0.25) is 0 Å². The van der Waals surface area contributed by atoms with Gasteiger partial charge < -0.3 is 5.32 Å². The maximum Gasteiger partial charge on any atom is 0.128 e. The van der Waals surface area contributed by atoms with E-state index < -0.39 is 0 Å². The molecule has 2 unspecified atom stereocenters. The smallest absolute Gasteiger partial charge is 0.128 e. The van der Waals surface area contributed by atoms with Crippen LogP contribution in [0.3, 0.4) is 0 Å². The molecule has 1 N–H and O–H groups in total. The Bertz CT molecular complexity index is 442. The third-order valence-corrected chi connectivity index (χ3v) is 4.46. The summed E-state index contributed by atoms with van der Waals surface area (Å²) in [4.78, 5) is 0. The molecule has 3 heteroatoms. The first-order chi connectivity index (χ1) is 8.95. The first kappa shape index (κ1) is 14.4. The highest BCUT2D eigenvalue weighted by atomic mass is 19.1. The topological polar surface area (TPSA) is 12.0 Å². The molecule has 1 saturated carbocycles. The van der Waals surface area contributed by atoms with Gasteiger partial charge >= 0.3 is 0 Å². The fraction of sp³-hybridized carbons (Fsp3) is 0.625. The van der Waals surface area contributed by atoms with Gasteiger partial charge in [-0.25, -0.2) is 8.78 Å². The second-order valence-corrected chi connectivity index (χ2v) is 6.19.